The van der Waals surface area contributed by atoms with Crippen molar-refractivity contribution in [2.45, 2.75) is 12.5 Å². The molecular formula is C21H20N2O5S. The number of methoxy groups -OCH3 is 3. The predicted molar refractivity (Wildman–Crippen MR) is 109 cm³/mol. The molecule has 1 aliphatic rings. The van der Waals surface area contributed by atoms with Gasteiger partial charge < -0.3 is 18.6 Å². The monoisotopic (exact) mass is 412 g/mol. The van der Waals surface area contributed by atoms with Crippen molar-refractivity contribution in [2.75, 3.05) is 21.3 Å². The Hall–Kier alpha value is -3.26. The maximum atomic E-state index is 13.0. The molecule has 29 heavy (non-hydrogen) atoms. The van der Waals surface area contributed by atoms with E-state index in [1.54, 1.807) is 50.9 Å². The first-order valence-electron chi connectivity index (χ1n) is 8.95. The summed E-state index contributed by atoms with van der Waals surface area (Å²) in [4.78, 5) is 14.1. The Morgan fingerprint density at radius 1 is 1.10 bits per heavy atom. The first-order chi connectivity index (χ1) is 14.2. The molecule has 0 aliphatic carbocycles. The first-order valence-corrected chi connectivity index (χ1v) is 9.83. The molecule has 150 valence electrons. The Bertz CT molecular complexity index is 1030. The number of furan rings is 1. The zero-order chi connectivity index (χ0) is 20.4. The summed E-state index contributed by atoms with van der Waals surface area (Å²) in [6.45, 7) is 0. The van der Waals surface area contributed by atoms with Gasteiger partial charge >= 0.3 is 5.91 Å². The minimum Gasteiger partial charge on any atom is -0.493 e. The summed E-state index contributed by atoms with van der Waals surface area (Å²) in [5.41, 5.74) is 1.47. The summed E-state index contributed by atoms with van der Waals surface area (Å²) in [5, 5.41) is 8.13. The normalized spacial score (nSPS) is 15.9. The third-order valence-electron chi connectivity index (χ3n) is 4.74. The van der Waals surface area contributed by atoms with Gasteiger partial charge in [0.15, 0.2) is 17.3 Å². The molecular weight excluding hydrogens is 392 g/mol. The average Bonchev–Trinajstić information content (AvgIpc) is 3.52. The molecule has 0 saturated heterocycles. The Morgan fingerprint density at radius 2 is 1.93 bits per heavy atom. The number of benzene rings is 1. The minimum atomic E-state index is -0.289. The van der Waals surface area contributed by atoms with Crippen molar-refractivity contribution in [1.29, 1.82) is 0 Å². The molecule has 1 amide bonds. The standard InChI is InChI=1S/C21H20N2O5S/c1-25-16-9-8-13(19(26-2)20(16)27-3)14-12-15(18-7-5-11-29-18)23(22-14)21(24)17-6-4-10-28-17/h4-11,15H,12H2,1-3H3/t15-/m0/s1. The number of thiophene rings is 1. The van der Waals surface area contributed by atoms with E-state index in [2.05, 4.69) is 5.10 Å². The topological polar surface area (TPSA) is 73.5 Å². The Kier molecular flexibility index (Phi) is 5.26. The van der Waals surface area contributed by atoms with E-state index in [-0.39, 0.29) is 17.7 Å². The highest BCUT2D eigenvalue weighted by atomic mass is 32.1. The summed E-state index contributed by atoms with van der Waals surface area (Å²) >= 11 is 1.59. The van der Waals surface area contributed by atoms with Crippen molar-refractivity contribution in [2.24, 2.45) is 5.10 Å². The van der Waals surface area contributed by atoms with E-state index in [0.29, 0.717) is 23.7 Å². The third kappa shape index (κ3) is 3.36. The van der Waals surface area contributed by atoms with Crippen molar-refractivity contribution in [1.82, 2.24) is 5.01 Å². The largest absolute Gasteiger partial charge is 0.493 e. The van der Waals surface area contributed by atoms with Crippen molar-refractivity contribution in [3.8, 4) is 17.2 Å². The Morgan fingerprint density at radius 3 is 2.55 bits per heavy atom. The van der Waals surface area contributed by atoms with Crippen LogP contribution < -0.4 is 14.2 Å². The van der Waals surface area contributed by atoms with Crippen molar-refractivity contribution in [3.05, 3.63) is 64.2 Å². The lowest BCUT2D eigenvalue weighted by atomic mass is 10.0. The van der Waals surface area contributed by atoms with Crippen LogP contribution in [-0.4, -0.2) is 38.0 Å². The van der Waals surface area contributed by atoms with Crippen LogP contribution in [0.2, 0.25) is 0 Å². The van der Waals surface area contributed by atoms with Gasteiger partial charge in [0, 0.05) is 16.9 Å². The van der Waals surface area contributed by atoms with Gasteiger partial charge in [0.05, 0.1) is 39.3 Å². The van der Waals surface area contributed by atoms with Crippen LogP contribution >= 0.6 is 11.3 Å². The van der Waals surface area contributed by atoms with Crippen molar-refractivity contribution >= 4 is 23.0 Å². The van der Waals surface area contributed by atoms with Crippen LogP contribution in [0.15, 0.2) is 57.6 Å². The van der Waals surface area contributed by atoms with Crippen LogP contribution in [0.5, 0.6) is 17.2 Å². The molecule has 0 fully saturated rings. The molecule has 2 aromatic heterocycles. The van der Waals surface area contributed by atoms with Gasteiger partial charge in [0.25, 0.3) is 0 Å². The van der Waals surface area contributed by atoms with Gasteiger partial charge in [-0.1, -0.05) is 6.07 Å². The smallest absolute Gasteiger partial charge is 0.310 e. The minimum absolute atomic E-state index is 0.222. The molecule has 3 aromatic rings. The third-order valence-corrected chi connectivity index (χ3v) is 5.71. The maximum absolute atomic E-state index is 13.0. The van der Waals surface area contributed by atoms with Crippen LogP contribution in [0, 0.1) is 0 Å². The van der Waals surface area contributed by atoms with E-state index in [9.17, 15) is 4.79 Å². The summed E-state index contributed by atoms with van der Waals surface area (Å²) in [6, 6.07) is 10.7. The molecule has 0 bridgehead atoms. The average molecular weight is 412 g/mol. The molecule has 1 aliphatic heterocycles. The van der Waals surface area contributed by atoms with Crippen LogP contribution in [0.25, 0.3) is 0 Å². The second kappa shape index (κ2) is 8.00. The molecule has 0 N–H and O–H groups in total. The fourth-order valence-electron chi connectivity index (χ4n) is 3.40. The van der Waals surface area contributed by atoms with Gasteiger partial charge in [-0.25, -0.2) is 5.01 Å². The predicted octanol–water partition coefficient (Wildman–Crippen LogP) is 4.36. The number of rotatable bonds is 6. The summed E-state index contributed by atoms with van der Waals surface area (Å²) < 4.78 is 21.8. The summed E-state index contributed by atoms with van der Waals surface area (Å²) in [5.74, 6) is 1.52. The van der Waals surface area contributed by atoms with Crippen LogP contribution in [0.4, 0.5) is 0 Å². The summed E-state index contributed by atoms with van der Waals surface area (Å²) in [7, 11) is 4.70. The van der Waals surface area contributed by atoms with Gasteiger partial charge in [0.1, 0.15) is 0 Å². The highest BCUT2D eigenvalue weighted by Gasteiger charge is 2.36. The zero-order valence-electron chi connectivity index (χ0n) is 16.2. The summed E-state index contributed by atoms with van der Waals surface area (Å²) in [6.07, 6.45) is 2.02. The van der Waals surface area contributed by atoms with Crippen LogP contribution in [0.3, 0.4) is 0 Å². The van der Waals surface area contributed by atoms with Gasteiger partial charge in [-0.05, 0) is 35.7 Å². The van der Waals surface area contributed by atoms with Crippen LogP contribution in [-0.2, 0) is 0 Å². The molecule has 0 saturated carbocycles. The van der Waals surface area contributed by atoms with Crippen LogP contribution in [0.1, 0.15) is 33.5 Å². The molecule has 1 atom stereocenters. The molecule has 1 aromatic carbocycles. The van der Waals surface area contributed by atoms with Gasteiger partial charge in [-0.2, -0.15) is 5.10 Å². The molecule has 8 heteroatoms. The highest BCUT2D eigenvalue weighted by Crippen LogP contribution is 2.43. The number of ether oxygens (including phenoxy) is 3. The van der Waals surface area contributed by atoms with Gasteiger partial charge in [-0.15, -0.1) is 11.3 Å². The van der Waals surface area contributed by atoms with Gasteiger partial charge in [0.2, 0.25) is 5.75 Å². The lowest BCUT2D eigenvalue weighted by molar-refractivity contribution is 0.0681. The number of amides is 1. The second-order valence-electron chi connectivity index (χ2n) is 6.29. The fourth-order valence-corrected chi connectivity index (χ4v) is 4.22. The number of carbonyl (C=O) groups excluding carboxylic acids is 1. The number of nitrogens with zero attached hydrogens (tertiary/aromatic N) is 2. The molecule has 3 heterocycles. The number of carbonyl (C=O) groups is 1. The number of hydrogen-bond acceptors (Lipinski definition) is 7. The van der Waals surface area contributed by atoms with E-state index in [1.807, 2.05) is 23.6 Å². The molecule has 0 spiro atoms. The molecule has 0 unspecified atom stereocenters. The zero-order valence-corrected chi connectivity index (χ0v) is 17.1. The lowest BCUT2D eigenvalue weighted by Gasteiger charge is -2.19. The fraction of sp³-hybridized carbons (Fsp3) is 0.238. The van der Waals surface area contributed by atoms with E-state index in [0.717, 1.165) is 16.2 Å². The maximum Gasteiger partial charge on any atom is 0.310 e. The quantitative estimate of drug-likeness (QED) is 0.602. The lowest BCUT2D eigenvalue weighted by Crippen LogP contribution is -2.26. The highest BCUT2D eigenvalue weighted by molar-refractivity contribution is 7.10. The molecule has 0 radical (unpaired) electrons. The molecule has 7 nitrogen and oxygen atoms in total. The number of hydrogen-bond donors (Lipinski definition) is 0. The Balaban J connectivity index is 1.78. The van der Waals surface area contributed by atoms with Crippen molar-refractivity contribution < 1.29 is 23.4 Å². The van der Waals surface area contributed by atoms with E-state index in [1.165, 1.54) is 11.3 Å². The number of hydrazone groups is 1. The molecule has 4 rings (SSSR count). The SMILES string of the molecule is COc1ccc(C2=NN(C(=O)c3ccco3)[C@H](c3cccs3)C2)c(OC)c1OC. The van der Waals surface area contributed by atoms with Crippen molar-refractivity contribution in [3.63, 3.8) is 0 Å². The first kappa shape index (κ1) is 19.1. The van der Waals surface area contributed by atoms with E-state index >= 15 is 0 Å². The van der Waals surface area contributed by atoms with Gasteiger partial charge in [-0.3, -0.25) is 4.79 Å². The Labute approximate surface area is 172 Å². The second-order valence-corrected chi connectivity index (χ2v) is 7.27. The van der Waals surface area contributed by atoms with E-state index in [4.69, 9.17) is 18.6 Å². The van der Waals surface area contributed by atoms with E-state index < -0.39 is 0 Å².